The summed E-state index contributed by atoms with van der Waals surface area (Å²) in [6.07, 6.45) is 1.81. The van der Waals surface area contributed by atoms with Crippen LogP contribution in [0.15, 0.2) is 18.2 Å². The molecule has 0 radical (unpaired) electrons. The van der Waals surface area contributed by atoms with Gasteiger partial charge in [0, 0.05) is 38.2 Å². The van der Waals surface area contributed by atoms with E-state index in [1.165, 1.54) is 0 Å². The van der Waals surface area contributed by atoms with Gasteiger partial charge in [0.05, 0.1) is 19.8 Å². The molecule has 2 aliphatic rings. The molecule has 1 aromatic rings. The van der Waals surface area contributed by atoms with E-state index in [-0.39, 0.29) is 30.1 Å². The average Bonchev–Trinajstić information content (AvgIpc) is 2.73. The molecular weight excluding hydrogens is 370 g/mol. The number of hydrogen-bond donors (Lipinski definition) is 1. The SMILES string of the molecule is COc1ccc(C(=O)N2CCN(C(=O)C3CCNCC3)CC2)c(OC)c1.Cl. The Morgan fingerprint density at radius 2 is 1.63 bits per heavy atom. The number of ether oxygens (including phenoxy) is 2. The number of nitrogens with zero attached hydrogens (tertiary/aromatic N) is 2. The topological polar surface area (TPSA) is 71.1 Å². The molecule has 7 nitrogen and oxygen atoms in total. The number of nitrogens with one attached hydrogen (secondary N) is 1. The third kappa shape index (κ3) is 4.84. The standard InChI is InChI=1S/C19H27N3O4.ClH/c1-25-15-3-4-16(17(13-15)26-2)19(24)22-11-9-21(10-12-22)18(23)14-5-7-20-8-6-14;/h3-4,13-14,20H,5-12H2,1-2H3;1H. The van der Waals surface area contributed by atoms with Gasteiger partial charge in [0.25, 0.3) is 5.91 Å². The van der Waals surface area contributed by atoms with Gasteiger partial charge in [-0.3, -0.25) is 9.59 Å². The van der Waals surface area contributed by atoms with Crippen molar-refractivity contribution in [2.75, 3.05) is 53.5 Å². The maximum atomic E-state index is 12.9. The molecule has 0 aliphatic carbocycles. The molecule has 0 aromatic heterocycles. The molecule has 2 fully saturated rings. The van der Waals surface area contributed by atoms with Gasteiger partial charge in [-0.05, 0) is 38.1 Å². The number of methoxy groups -OCH3 is 2. The van der Waals surface area contributed by atoms with E-state index in [2.05, 4.69) is 5.32 Å². The summed E-state index contributed by atoms with van der Waals surface area (Å²) in [5.74, 6) is 1.44. The van der Waals surface area contributed by atoms with Gasteiger partial charge in [-0.15, -0.1) is 12.4 Å². The number of piperazine rings is 1. The van der Waals surface area contributed by atoms with E-state index in [1.54, 1.807) is 37.3 Å². The third-order valence-corrected chi connectivity index (χ3v) is 5.21. The second-order valence-corrected chi connectivity index (χ2v) is 6.71. The summed E-state index contributed by atoms with van der Waals surface area (Å²) in [6.45, 7) is 4.09. The molecule has 0 saturated carbocycles. The maximum Gasteiger partial charge on any atom is 0.257 e. The summed E-state index contributed by atoms with van der Waals surface area (Å²) in [5, 5.41) is 3.29. The van der Waals surface area contributed by atoms with Crippen LogP contribution in [0.25, 0.3) is 0 Å². The quantitative estimate of drug-likeness (QED) is 0.831. The molecule has 150 valence electrons. The predicted octanol–water partition coefficient (Wildman–Crippen LogP) is 1.41. The van der Waals surface area contributed by atoms with Crippen molar-refractivity contribution in [3.8, 4) is 11.5 Å². The molecule has 2 amide bonds. The van der Waals surface area contributed by atoms with E-state index in [9.17, 15) is 9.59 Å². The molecule has 2 aliphatic heterocycles. The van der Waals surface area contributed by atoms with Crippen LogP contribution in [0.5, 0.6) is 11.5 Å². The lowest BCUT2D eigenvalue weighted by Gasteiger charge is -2.37. The molecule has 8 heteroatoms. The van der Waals surface area contributed by atoms with Crippen molar-refractivity contribution in [2.24, 2.45) is 5.92 Å². The van der Waals surface area contributed by atoms with Crippen molar-refractivity contribution in [2.45, 2.75) is 12.8 Å². The van der Waals surface area contributed by atoms with Crippen LogP contribution in [-0.4, -0.2) is 75.1 Å². The molecule has 1 N–H and O–H groups in total. The highest BCUT2D eigenvalue weighted by molar-refractivity contribution is 5.97. The van der Waals surface area contributed by atoms with Crippen LogP contribution >= 0.6 is 12.4 Å². The van der Waals surface area contributed by atoms with Crippen LogP contribution in [0.3, 0.4) is 0 Å². The van der Waals surface area contributed by atoms with Gasteiger partial charge >= 0.3 is 0 Å². The van der Waals surface area contributed by atoms with Crippen LogP contribution in [0, 0.1) is 5.92 Å². The van der Waals surface area contributed by atoms with Gasteiger partial charge < -0.3 is 24.6 Å². The van der Waals surface area contributed by atoms with Crippen LogP contribution in [0.4, 0.5) is 0 Å². The van der Waals surface area contributed by atoms with Crippen LogP contribution in [0.2, 0.25) is 0 Å². The number of carbonyl (C=O) groups excluding carboxylic acids is 2. The van der Waals surface area contributed by atoms with Gasteiger partial charge in [0.15, 0.2) is 0 Å². The molecule has 0 unspecified atom stereocenters. The van der Waals surface area contributed by atoms with Crippen LogP contribution < -0.4 is 14.8 Å². The molecule has 2 saturated heterocycles. The van der Waals surface area contributed by atoms with Gasteiger partial charge in [-0.2, -0.15) is 0 Å². The third-order valence-electron chi connectivity index (χ3n) is 5.21. The molecule has 0 atom stereocenters. The highest BCUT2D eigenvalue weighted by Crippen LogP contribution is 2.26. The van der Waals surface area contributed by atoms with Gasteiger partial charge in [-0.1, -0.05) is 0 Å². The van der Waals surface area contributed by atoms with E-state index in [1.807, 2.05) is 4.90 Å². The second-order valence-electron chi connectivity index (χ2n) is 6.71. The largest absolute Gasteiger partial charge is 0.497 e. The number of benzene rings is 1. The maximum absolute atomic E-state index is 12.9. The molecule has 2 heterocycles. The summed E-state index contributed by atoms with van der Waals surface area (Å²) in [4.78, 5) is 29.2. The van der Waals surface area contributed by atoms with Crippen molar-refractivity contribution < 1.29 is 19.1 Å². The summed E-state index contributed by atoms with van der Waals surface area (Å²) >= 11 is 0. The fourth-order valence-corrected chi connectivity index (χ4v) is 3.60. The number of hydrogen-bond acceptors (Lipinski definition) is 5. The number of halogens is 1. The number of carbonyl (C=O) groups is 2. The van der Waals surface area contributed by atoms with Crippen molar-refractivity contribution in [1.29, 1.82) is 0 Å². The van der Waals surface area contributed by atoms with Crippen molar-refractivity contribution in [3.63, 3.8) is 0 Å². The Morgan fingerprint density at radius 1 is 1.00 bits per heavy atom. The first-order chi connectivity index (χ1) is 12.6. The highest BCUT2D eigenvalue weighted by atomic mass is 35.5. The summed E-state index contributed by atoms with van der Waals surface area (Å²) in [6, 6.07) is 5.20. The molecule has 3 rings (SSSR count). The summed E-state index contributed by atoms with van der Waals surface area (Å²) in [7, 11) is 3.12. The minimum atomic E-state index is -0.0709. The van der Waals surface area contributed by atoms with E-state index < -0.39 is 0 Å². The number of rotatable bonds is 4. The minimum absolute atomic E-state index is 0. The molecule has 27 heavy (non-hydrogen) atoms. The van der Waals surface area contributed by atoms with Gasteiger partial charge in [-0.25, -0.2) is 0 Å². The molecular formula is C19H28ClN3O4. The van der Waals surface area contributed by atoms with Gasteiger partial charge in [0.1, 0.15) is 11.5 Å². The van der Waals surface area contributed by atoms with Crippen molar-refractivity contribution in [3.05, 3.63) is 23.8 Å². The normalized spacial score (nSPS) is 17.9. The van der Waals surface area contributed by atoms with E-state index in [0.29, 0.717) is 43.2 Å². The lowest BCUT2D eigenvalue weighted by Crippen LogP contribution is -2.52. The average molecular weight is 398 g/mol. The zero-order valence-electron chi connectivity index (χ0n) is 15.9. The Hall–Kier alpha value is -1.99. The summed E-state index contributed by atoms with van der Waals surface area (Å²) in [5.41, 5.74) is 0.520. The monoisotopic (exact) mass is 397 g/mol. The fourth-order valence-electron chi connectivity index (χ4n) is 3.60. The Bertz CT molecular complexity index is 656. The molecule has 1 aromatic carbocycles. The van der Waals surface area contributed by atoms with E-state index in [4.69, 9.17) is 9.47 Å². The first-order valence-corrected chi connectivity index (χ1v) is 9.15. The zero-order valence-corrected chi connectivity index (χ0v) is 16.7. The van der Waals surface area contributed by atoms with Crippen LogP contribution in [-0.2, 0) is 4.79 Å². The minimum Gasteiger partial charge on any atom is -0.497 e. The zero-order chi connectivity index (χ0) is 18.5. The Morgan fingerprint density at radius 3 is 2.22 bits per heavy atom. The number of piperidine rings is 1. The van der Waals surface area contributed by atoms with Crippen molar-refractivity contribution in [1.82, 2.24) is 15.1 Å². The number of amides is 2. The van der Waals surface area contributed by atoms with Crippen molar-refractivity contribution >= 4 is 24.2 Å². The fraction of sp³-hybridized carbons (Fsp3) is 0.579. The summed E-state index contributed by atoms with van der Waals surface area (Å²) < 4.78 is 10.5. The first kappa shape index (κ1) is 21.3. The molecule has 0 spiro atoms. The van der Waals surface area contributed by atoms with E-state index >= 15 is 0 Å². The lowest BCUT2D eigenvalue weighted by atomic mass is 9.96. The highest BCUT2D eigenvalue weighted by Gasteiger charge is 2.30. The Kier molecular flexibility index (Phi) is 7.74. The predicted molar refractivity (Wildman–Crippen MR) is 105 cm³/mol. The smallest absolute Gasteiger partial charge is 0.257 e. The van der Waals surface area contributed by atoms with Crippen LogP contribution in [0.1, 0.15) is 23.2 Å². The lowest BCUT2D eigenvalue weighted by molar-refractivity contribution is -0.137. The molecule has 0 bridgehead atoms. The second kappa shape index (κ2) is 9.80. The Balaban J connectivity index is 0.00000261. The Labute approximate surface area is 166 Å². The first-order valence-electron chi connectivity index (χ1n) is 9.15. The van der Waals surface area contributed by atoms with Gasteiger partial charge in [0.2, 0.25) is 5.91 Å². The van der Waals surface area contributed by atoms with E-state index in [0.717, 1.165) is 25.9 Å².